The van der Waals surface area contributed by atoms with Crippen LogP contribution in [0.15, 0.2) is 12.4 Å². The van der Waals surface area contributed by atoms with E-state index in [0.29, 0.717) is 11.2 Å². The maximum atomic E-state index is 4.27. The molecule has 5 heteroatoms. The number of rotatable bonds is 4. The molecule has 1 aromatic heterocycles. The van der Waals surface area contributed by atoms with E-state index >= 15 is 0 Å². The van der Waals surface area contributed by atoms with Gasteiger partial charge in [-0.2, -0.15) is 23.5 Å². The fraction of sp³-hybridized carbons (Fsp3) is 0.667. The molecule has 0 aromatic carbocycles. The molecule has 2 heterocycles. The molecule has 0 spiro atoms. The van der Waals surface area contributed by atoms with Gasteiger partial charge < -0.3 is 5.32 Å². The number of aromatic nitrogens is 2. The van der Waals surface area contributed by atoms with Crippen molar-refractivity contribution >= 4 is 29.3 Å². The first-order chi connectivity index (χ1) is 8.25. The standard InChI is InChI=1S/C12H19N3S2/c1-9(2)11-5-12(15-8-14-11)13-6-10-7-16-3-4-17-10/h5,8-10H,3-4,6-7H2,1-2H3,(H,13,14,15). The van der Waals surface area contributed by atoms with Gasteiger partial charge in [0, 0.05) is 40.8 Å². The number of nitrogens with zero attached hydrogens (tertiary/aromatic N) is 2. The van der Waals surface area contributed by atoms with Crippen molar-refractivity contribution in [3.05, 3.63) is 18.1 Å². The number of thioether (sulfide) groups is 2. The number of hydrogen-bond acceptors (Lipinski definition) is 5. The van der Waals surface area contributed by atoms with E-state index in [2.05, 4.69) is 58.7 Å². The van der Waals surface area contributed by atoms with E-state index in [9.17, 15) is 0 Å². The van der Waals surface area contributed by atoms with Gasteiger partial charge in [0.15, 0.2) is 0 Å². The maximum absolute atomic E-state index is 4.27. The zero-order valence-corrected chi connectivity index (χ0v) is 12.0. The van der Waals surface area contributed by atoms with Crippen LogP contribution in [-0.4, -0.2) is 39.0 Å². The van der Waals surface area contributed by atoms with Crippen molar-refractivity contribution in [2.45, 2.75) is 25.0 Å². The lowest BCUT2D eigenvalue weighted by molar-refractivity contribution is 0.813. The van der Waals surface area contributed by atoms with Crippen molar-refractivity contribution < 1.29 is 0 Å². The van der Waals surface area contributed by atoms with Gasteiger partial charge in [-0.3, -0.25) is 0 Å². The lowest BCUT2D eigenvalue weighted by atomic mass is 10.1. The van der Waals surface area contributed by atoms with Crippen molar-refractivity contribution in [2.24, 2.45) is 0 Å². The summed E-state index contributed by atoms with van der Waals surface area (Å²) in [4.78, 5) is 8.54. The summed E-state index contributed by atoms with van der Waals surface area (Å²) in [6.07, 6.45) is 1.65. The van der Waals surface area contributed by atoms with Crippen LogP contribution in [-0.2, 0) is 0 Å². The van der Waals surface area contributed by atoms with Crippen molar-refractivity contribution in [1.29, 1.82) is 0 Å². The Morgan fingerprint density at radius 1 is 1.41 bits per heavy atom. The Morgan fingerprint density at radius 3 is 3.00 bits per heavy atom. The molecule has 3 nitrogen and oxygen atoms in total. The Balaban J connectivity index is 1.87. The molecule has 1 N–H and O–H groups in total. The highest BCUT2D eigenvalue weighted by Gasteiger charge is 2.14. The highest BCUT2D eigenvalue weighted by Crippen LogP contribution is 2.24. The van der Waals surface area contributed by atoms with Gasteiger partial charge in [-0.15, -0.1) is 0 Å². The van der Waals surface area contributed by atoms with E-state index in [1.807, 2.05) is 0 Å². The first kappa shape index (κ1) is 13.0. The third-order valence-electron chi connectivity index (χ3n) is 2.68. The third-order valence-corrected chi connectivity index (χ3v) is 5.52. The van der Waals surface area contributed by atoms with Crippen LogP contribution >= 0.6 is 23.5 Å². The predicted molar refractivity (Wildman–Crippen MR) is 78.2 cm³/mol. The molecule has 1 fully saturated rings. The lowest BCUT2D eigenvalue weighted by Crippen LogP contribution is -2.23. The second-order valence-corrected chi connectivity index (χ2v) is 6.99. The van der Waals surface area contributed by atoms with Crippen LogP contribution < -0.4 is 5.32 Å². The summed E-state index contributed by atoms with van der Waals surface area (Å²) in [5.74, 6) is 5.24. The zero-order valence-electron chi connectivity index (χ0n) is 10.3. The predicted octanol–water partition coefficient (Wildman–Crippen LogP) is 2.86. The minimum Gasteiger partial charge on any atom is -0.369 e. The molecule has 1 unspecified atom stereocenters. The van der Waals surface area contributed by atoms with Crippen LogP contribution in [0.2, 0.25) is 0 Å². The third kappa shape index (κ3) is 4.07. The van der Waals surface area contributed by atoms with E-state index in [1.54, 1.807) is 6.33 Å². The molecule has 0 saturated carbocycles. The summed E-state index contributed by atoms with van der Waals surface area (Å²) < 4.78 is 0. The molecule has 0 aliphatic carbocycles. The van der Waals surface area contributed by atoms with Crippen molar-refractivity contribution in [3.8, 4) is 0 Å². The molecule has 17 heavy (non-hydrogen) atoms. The second-order valence-electron chi connectivity index (χ2n) is 4.43. The minimum absolute atomic E-state index is 0.457. The van der Waals surface area contributed by atoms with Gasteiger partial charge in [0.1, 0.15) is 12.1 Å². The molecule has 2 rings (SSSR count). The van der Waals surface area contributed by atoms with E-state index in [-0.39, 0.29) is 0 Å². The molecule has 1 aliphatic heterocycles. The quantitative estimate of drug-likeness (QED) is 0.910. The highest BCUT2D eigenvalue weighted by molar-refractivity contribution is 8.06. The summed E-state index contributed by atoms with van der Waals surface area (Å²) in [5, 5.41) is 4.14. The summed E-state index contributed by atoms with van der Waals surface area (Å²) >= 11 is 4.12. The molecular formula is C12H19N3S2. The molecule has 1 aliphatic rings. The Kier molecular flexibility index (Phi) is 4.98. The minimum atomic E-state index is 0.457. The van der Waals surface area contributed by atoms with Gasteiger partial charge in [0.2, 0.25) is 0 Å². The number of nitrogens with one attached hydrogen (secondary N) is 1. The Labute approximate surface area is 112 Å². The number of hydrogen-bond donors (Lipinski definition) is 1. The Morgan fingerprint density at radius 2 is 2.29 bits per heavy atom. The van der Waals surface area contributed by atoms with E-state index in [1.165, 1.54) is 17.3 Å². The van der Waals surface area contributed by atoms with Crippen molar-refractivity contribution in [2.75, 3.05) is 29.1 Å². The van der Waals surface area contributed by atoms with Gasteiger partial charge in [0.05, 0.1) is 0 Å². The van der Waals surface area contributed by atoms with Gasteiger partial charge in [-0.1, -0.05) is 13.8 Å². The number of anilines is 1. The Bertz CT molecular complexity index is 351. The van der Waals surface area contributed by atoms with E-state index < -0.39 is 0 Å². The topological polar surface area (TPSA) is 37.8 Å². The monoisotopic (exact) mass is 269 g/mol. The first-order valence-electron chi connectivity index (χ1n) is 6.01. The summed E-state index contributed by atoms with van der Waals surface area (Å²) in [5.41, 5.74) is 1.10. The molecule has 0 bridgehead atoms. The van der Waals surface area contributed by atoms with Gasteiger partial charge in [0.25, 0.3) is 0 Å². The SMILES string of the molecule is CC(C)c1cc(NCC2CSCCS2)ncn1. The van der Waals surface area contributed by atoms with Crippen LogP contribution in [0.4, 0.5) is 5.82 Å². The molecule has 0 radical (unpaired) electrons. The fourth-order valence-corrected chi connectivity index (χ4v) is 4.27. The average molecular weight is 269 g/mol. The summed E-state index contributed by atoms with van der Waals surface area (Å²) in [6.45, 7) is 5.31. The van der Waals surface area contributed by atoms with Gasteiger partial charge in [-0.05, 0) is 5.92 Å². The molecule has 94 valence electrons. The molecule has 1 saturated heterocycles. The van der Waals surface area contributed by atoms with Crippen LogP contribution in [0.25, 0.3) is 0 Å². The fourth-order valence-electron chi connectivity index (χ4n) is 1.66. The first-order valence-corrected chi connectivity index (χ1v) is 8.21. The zero-order chi connectivity index (χ0) is 12.1. The second kappa shape index (κ2) is 6.50. The maximum Gasteiger partial charge on any atom is 0.129 e. The summed E-state index contributed by atoms with van der Waals surface area (Å²) in [6, 6.07) is 2.06. The molecule has 1 aromatic rings. The van der Waals surface area contributed by atoms with Crippen LogP contribution in [0.3, 0.4) is 0 Å². The van der Waals surface area contributed by atoms with Crippen LogP contribution in [0.5, 0.6) is 0 Å². The average Bonchev–Trinajstić information content (AvgIpc) is 2.38. The lowest BCUT2D eigenvalue weighted by Gasteiger charge is -2.21. The van der Waals surface area contributed by atoms with Crippen LogP contribution in [0.1, 0.15) is 25.5 Å². The van der Waals surface area contributed by atoms with Crippen molar-refractivity contribution in [3.63, 3.8) is 0 Å². The van der Waals surface area contributed by atoms with Gasteiger partial charge in [-0.25, -0.2) is 9.97 Å². The highest BCUT2D eigenvalue weighted by atomic mass is 32.2. The van der Waals surface area contributed by atoms with Crippen LogP contribution in [0, 0.1) is 0 Å². The normalized spacial score (nSPS) is 20.5. The Hall–Kier alpha value is -0.420. The van der Waals surface area contributed by atoms with E-state index in [0.717, 1.165) is 18.1 Å². The molecule has 1 atom stereocenters. The smallest absolute Gasteiger partial charge is 0.129 e. The summed E-state index contributed by atoms with van der Waals surface area (Å²) in [7, 11) is 0. The molecular weight excluding hydrogens is 250 g/mol. The van der Waals surface area contributed by atoms with Gasteiger partial charge >= 0.3 is 0 Å². The van der Waals surface area contributed by atoms with Crippen molar-refractivity contribution in [1.82, 2.24) is 9.97 Å². The largest absolute Gasteiger partial charge is 0.369 e. The molecule has 0 amide bonds. The van der Waals surface area contributed by atoms with E-state index in [4.69, 9.17) is 0 Å².